The van der Waals surface area contributed by atoms with E-state index in [9.17, 15) is 0 Å². The van der Waals surface area contributed by atoms with Crippen molar-refractivity contribution in [1.29, 1.82) is 0 Å². The molecule has 0 spiro atoms. The van der Waals surface area contributed by atoms with Gasteiger partial charge in [0.25, 0.3) is 0 Å². The minimum absolute atomic E-state index is 0.710. The van der Waals surface area contributed by atoms with Crippen molar-refractivity contribution in [2.75, 3.05) is 13.2 Å². The van der Waals surface area contributed by atoms with Crippen molar-refractivity contribution in [2.45, 2.75) is 75.0 Å². The largest absolute Gasteiger partial charge is 0.493 e. The van der Waals surface area contributed by atoms with Crippen LogP contribution in [-0.2, 0) is 0 Å². The number of ether oxygens (including phenoxy) is 2. The van der Waals surface area contributed by atoms with Crippen LogP contribution in [0.3, 0.4) is 0 Å². The zero-order valence-electron chi connectivity index (χ0n) is 21.6. The lowest BCUT2D eigenvalue weighted by atomic mass is 9.92. The van der Waals surface area contributed by atoms with Gasteiger partial charge >= 0.3 is 0 Å². The van der Waals surface area contributed by atoms with Gasteiger partial charge in [-0.05, 0) is 70.8 Å². The molecule has 190 valence electrons. The first-order valence-corrected chi connectivity index (χ1v) is 14.3. The third-order valence-corrected chi connectivity index (χ3v) is 7.25. The lowest BCUT2D eigenvalue weighted by Gasteiger charge is -2.20. The molecular weight excluding hydrogens is 480 g/mol. The number of thiol groups is 2. The van der Waals surface area contributed by atoms with Gasteiger partial charge in [0.2, 0.25) is 0 Å². The second-order valence-electron chi connectivity index (χ2n) is 9.51. The van der Waals surface area contributed by atoms with E-state index in [1.165, 1.54) is 38.5 Å². The Hall–Kier alpha value is -2.30. The Morgan fingerprint density at radius 1 is 0.528 bits per heavy atom. The van der Waals surface area contributed by atoms with Gasteiger partial charge in [0.1, 0.15) is 11.5 Å². The molecule has 4 aromatic carbocycles. The van der Waals surface area contributed by atoms with Gasteiger partial charge in [0.15, 0.2) is 0 Å². The molecule has 0 bridgehead atoms. The fraction of sp³-hybridized carbons (Fsp3) is 0.375. The van der Waals surface area contributed by atoms with E-state index >= 15 is 0 Å². The maximum atomic E-state index is 6.47. The zero-order valence-corrected chi connectivity index (χ0v) is 23.3. The minimum Gasteiger partial charge on any atom is -0.493 e. The fourth-order valence-electron chi connectivity index (χ4n) is 4.77. The molecule has 0 atom stereocenters. The molecule has 4 aromatic rings. The van der Waals surface area contributed by atoms with E-state index in [1.807, 2.05) is 0 Å². The van der Waals surface area contributed by atoms with Crippen molar-refractivity contribution in [3.8, 4) is 22.6 Å². The average Bonchev–Trinajstić information content (AvgIpc) is 2.88. The number of hydrogen-bond donors (Lipinski definition) is 2. The quantitative estimate of drug-likeness (QED) is 0.135. The van der Waals surface area contributed by atoms with E-state index in [2.05, 4.69) is 99.8 Å². The summed E-state index contributed by atoms with van der Waals surface area (Å²) in [7, 11) is 0. The first-order chi connectivity index (χ1) is 17.6. The summed E-state index contributed by atoms with van der Waals surface area (Å²) < 4.78 is 12.9. The van der Waals surface area contributed by atoms with Crippen LogP contribution in [0.4, 0.5) is 0 Å². The maximum absolute atomic E-state index is 6.47. The van der Waals surface area contributed by atoms with E-state index in [0.29, 0.717) is 13.2 Å². The number of hydrogen-bond acceptors (Lipinski definition) is 4. The smallest absolute Gasteiger partial charge is 0.127 e. The van der Waals surface area contributed by atoms with E-state index in [-0.39, 0.29) is 0 Å². The number of fused-ring (bicyclic) bond motifs is 2. The summed E-state index contributed by atoms with van der Waals surface area (Å²) in [5.41, 5.74) is 2.19. The summed E-state index contributed by atoms with van der Waals surface area (Å²) in [4.78, 5) is 1.90. The van der Waals surface area contributed by atoms with Gasteiger partial charge in [0.05, 0.1) is 13.2 Å². The molecule has 0 aliphatic carbocycles. The average molecular weight is 519 g/mol. The van der Waals surface area contributed by atoms with Gasteiger partial charge in [-0.25, -0.2) is 0 Å². The molecule has 4 heteroatoms. The SMILES string of the molecule is CCCCCCOc1ccc2cc(S)ccc2c1-c1c(OCCCCCC)ccc2cc(S)ccc12. The molecule has 0 saturated carbocycles. The molecular formula is C32H38O2S2. The fourth-order valence-corrected chi connectivity index (χ4v) is 5.20. The Morgan fingerprint density at radius 3 is 1.39 bits per heavy atom. The minimum atomic E-state index is 0.710. The summed E-state index contributed by atoms with van der Waals surface area (Å²) in [6.45, 7) is 5.89. The molecule has 0 aliphatic rings. The molecule has 2 nitrogen and oxygen atoms in total. The van der Waals surface area contributed by atoms with E-state index in [1.54, 1.807) is 0 Å². The highest BCUT2D eigenvalue weighted by Crippen LogP contribution is 2.46. The molecule has 0 aliphatic heterocycles. The summed E-state index contributed by atoms with van der Waals surface area (Å²) in [5, 5.41) is 4.59. The Kier molecular flexibility index (Phi) is 9.89. The van der Waals surface area contributed by atoms with Crippen LogP contribution in [0.25, 0.3) is 32.7 Å². The molecule has 0 saturated heterocycles. The normalized spacial score (nSPS) is 11.3. The third-order valence-electron chi connectivity index (χ3n) is 6.69. The van der Waals surface area contributed by atoms with Gasteiger partial charge in [-0.15, -0.1) is 25.3 Å². The second kappa shape index (κ2) is 13.3. The molecule has 4 rings (SSSR count). The Bertz CT molecular complexity index is 1200. The van der Waals surface area contributed by atoms with Crippen molar-refractivity contribution in [1.82, 2.24) is 0 Å². The van der Waals surface area contributed by atoms with E-state index in [0.717, 1.165) is 66.8 Å². The van der Waals surface area contributed by atoms with Gasteiger partial charge in [-0.3, -0.25) is 0 Å². The summed E-state index contributed by atoms with van der Waals surface area (Å²) in [6, 6.07) is 21.2. The van der Waals surface area contributed by atoms with Crippen LogP contribution in [0, 0.1) is 0 Å². The van der Waals surface area contributed by atoms with Gasteiger partial charge in [-0.2, -0.15) is 0 Å². The van der Waals surface area contributed by atoms with Gasteiger partial charge in [-0.1, -0.05) is 76.6 Å². The summed E-state index contributed by atoms with van der Waals surface area (Å²) in [6.07, 6.45) is 9.40. The van der Waals surface area contributed by atoms with Crippen LogP contribution in [0.15, 0.2) is 70.5 Å². The molecule has 36 heavy (non-hydrogen) atoms. The molecule has 0 fully saturated rings. The topological polar surface area (TPSA) is 18.5 Å². The predicted octanol–water partition coefficient (Wildman–Crippen LogP) is 10.2. The Labute approximate surface area is 227 Å². The van der Waals surface area contributed by atoms with Crippen LogP contribution in [0.5, 0.6) is 11.5 Å². The van der Waals surface area contributed by atoms with Crippen molar-refractivity contribution >= 4 is 46.8 Å². The molecule has 0 amide bonds. The summed E-state index contributed by atoms with van der Waals surface area (Å²) >= 11 is 9.19. The summed E-state index contributed by atoms with van der Waals surface area (Å²) in [5.74, 6) is 1.81. The van der Waals surface area contributed by atoms with Crippen LogP contribution in [0.1, 0.15) is 65.2 Å². The zero-order chi connectivity index (χ0) is 25.3. The molecule has 0 radical (unpaired) electrons. The first kappa shape index (κ1) is 26.8. The van der Waals surface area contributed by atoms with Crippen molar-refractivity contribution in [2.24, 2.45) is 0 Å². The molecule has 0 heterocycles. The van der Waals surface area contributed by atoms with Crippen molar-refractivity contribution in [3.63, 3.8) is 0 Å². The highest BCUT2D eigenvalue weighted by Gasteiger charge is 2.19. The number of rotatable bonds is 13. The Morgan fingerprint density at radius 2 is 0.972 bits per heavy atom. The molecule has 0 N–H and O–H groups in total. The highest BCUT2D eigenvalue weighted by molar-refractivity contribution is 7.80. The lowest BCUT2D eigenvalue weighted by molar-refractivity contribution is 0.302. The van der Waals surface area contributed by atoms with Crippen LogP contribution in [-0.4, -0.2) is 13.2 Å². The van der Waals surface area contributed by atoms with Gasteiger partial charge in [0, 0.05) is 20.9 Å². The van der Waals surface area contributed by atoms with Crippen molar-refractivity contribution < 1.29 is 9.47 Å². The second-order valence-corrected chi connectivity index (χ2v) is 10.5. The van der Waals surface area contributed by atoms with Crippen LogP contribution < -0.4 is 9.47 Å². The standard InChI is InChI=1S/C32H38O2S2/c1-3-5-7-9-19-33-29-17-11-23-21-25(35)13-15-27(23)31(29)32-28-16-14-26(36)22-24(28)12-18-30(32)34-20-10-8-6-4-2/h11-18,21-22,35-36H,3-10,19-20H2,1-2H3. The number of benzene rings is 4. The maximum Gasteiger partial charge on any atom is 0.127 e. The van der Waals surface area contributed by atoms with Crippen molar-refractivity contribution in [3.05, 3.63) is 60.7 Å². The monoisotopic (exact) mass is 518 g/mol. The van der Waals surface area contributed by atoms with Crippen LogP contribution in [0.2, 0.25) is 0 Å². The third kappa shape index (κ3) is 6.52. The lowest BCUT2D eigenvalue weighted by Crippen LogP contribution is -2.02. The first-order valence-electron chi connectivity index (χ1n) is 13.4. The van der Waals surface area contributed by atoms with Crippen LogP contribution >= 0.6 is 25.3 Å². The highest BCUT2D eigenvalue weighted by atomic mass is 32.1. The predicted molar refractivity (Wildman–Crippen MR) is 161 cm³/mol. The van der Waals surface area contributed by atoms with Gasteiger partial charge < -0.3 is 9.47 Å². The van der Waals surface area contributed by atoms with E-state index < -0.39 is 0 Å². The Balaban J connectivity index is 1.84. The molecule has 0 unspecified atom stereocenters. The molecule has 0 aromatic heterocycles. The van der Waals surface area contributed by atoms with E-state index in [4.69, 9.17) is 9.47 Å². The number of unbranched alkanes of at least 4 members (excludes halogenated alkanes) is 6.